The van der Waals surface area contributed by atoms with Gasteiger partial charge in [-0.05, 0) is 32.1 Å². The number of nitrogens with zero attached hydrogens (tertiary/aromatic N) is 1. The van der Waals surface area contributed by atoms with E-state index < -0.39 is 12.0 Å². The number of nitrogens with one attached hydrogen (secondary N) is 2. The number of rotatable bonds is 9. The molecule has 0 spiro atoms. The molecule has 0 bridgehead atoms. The Morgan fingerprint density at radius 3 is 2.72 bits per heavy atom. The highest BCUT2D eigenvalue weighted by Crippen LogP contribution is 2.04. The molecule has 7 nitrogen and oxygen atoms in total. The predicted molar refractivity (Wildman–Crippen MR) is 70.5 cm³/mol. The van der Waals surface area contributed by atoms with Gasteiger partial charge in [0, 0.05) is 6.54 Å². The lowest BCUT2D eigenvalue weighted by Crippen LogP contribution is -2.38. The van der Waals surface area contributed by atoms with Crippen molar-refractivity contribution in [2.75, 3.05) is 19.3 Å². The van der Waals surface area contributed by atoms with Crippen molar-refractivity contribution in [2.45, 2.75) is 25.3 Å². The van der Waals surface area contributed by atoms with Gasteiger partial charge >= 0.3 is 5.97 Å². The Morgan fingerprint density at radius 1 is 1.44 bits per heavy atom. The van der Waals surface area contributed by atoms with Crippen LogP contribution in [0, 0.1) is 0 Å². The normalized spacial score (nSPS) is 12.5. The van der Waals surface area contributed by atoms with Crippen LogP contribution in [-0.2, 0) is 4.79 Å². The van der Waals surface area contributed by atoms with Gasteiger partial charge in [-0.25, -0.2) is 4.79 Å². The van der Waals surface area contributed by atoms with Gasteiger partial charge in [0.05, 0.1) is 6.21 Å². The fraction of sp³-hybridized carbons (Fsp3) is 0.700. The van der Waals surface area contributed by atoms with Gasteiger partial charge in [-0.3, -0.25) is 4.79 Å². The Hall–Kier alpha value is -1.28. The maximum atomic E-state index is 11.1. The summed E-state index contributed by atoms with van der Waals surface area (Å²) in [5.41, 5.74) is 0. The number of carbonyl (C=O) groups excluding carboxylic acids is 1. The van der Waals surface area contributed by atoms with Gasteiger partial charge < -0.3 is 20.9 Å². The summed E-state index contributed by atoms with van der Waals surface area (Å²) in [7, 11) is 0. The van der Waals surface area contributed by atoms with Gasteiger partial charge in [-0.2, -0.15) is 0 Å². The van der Waals surface area contributed by atoms with Crippen molar-refractivity contribution in [3.63, 3.8) is 0 Å². The Labute approximate surface area is 110 Å². The molecule has 0 radical (unpaired) electrons. The molecule has 1 amide bonds. The molecule has 0 heterocycles. The molecule has 0 fully saturated rings. The molecule has 0 aliphatic rings. The molecule has 0 unspecified atom stereocenters. The summed E-state index contributed by atoms with van der Waals surface area (Å²) in [4.78, 5) is 21.9. The molecule has 0 aliphatic carbocycles. The van der Waals surface area contributed by atoms with Gasteiger partial charge in [-0.15, -0.1) is 5.16 Å². The topological polar surface area (TPSA) is 111 Å². The number of carboxylic acid groups (broad SMARTS) is 1. The number of oxime groups is 1. The van der Waals surface area contributed by atoms with E-state index in [1.807, 2.05) is 0 Å². The largest absolute Gasteiger partial charge is 0.480 e. The molecule has 0 aromatic carbocycles. The fourth-order valence-corrected chi connectivity index (χ4v) is 1.52. The van der Waals surface area contributed by atoms with E-state index in [2.05, 4.69) is 15.8 Å². The maximum Gasteiger partial charge on any atom is 0.326 e. The Kier molecular flexibility index (Phi) is 10.1. The van der Waals surface area contributed by atoms with E-state index in [0.29, 0.717) is 25.9 Å². The van der Waals surface area contributed by atoms with Crippen LogP contribution in [0.5, 0.6) is 0 Å². The van der Waals surface area contributed by atoms with Crippen LogP contribution in [0.3, 0.4) is 0 Å². The van der Waals surface area contributed by atoms with Crippen molar-refractivity contribution in [3.05, 3.63) is 0 Å². The summed E-state index contributed by atoms with van der Waals surface area (Å²) in [6, 6.07) is -0.830. The van der Waals surface area contributed by atoms with Crippen LogP contribution < -0.4 is 10.6 Å². The zero-order valence-electron chi connectivity index (χ0n) is 10.3. The number of thioether (sulfide) groups is 1. The van der Waals surface area contributed by atoms with E-state index in [1.165, 1.54) is 6.21 Å². The van der Waals surface area contributed by atoms with E-state index in [9.17, 15) is 9.59 Å². The summed E-state index contributed by atoms with van der Waals surface area (Å²) in [6.45, 7) is 1.18. The second-order valence-electron chi connectivity index (χ2n) is 3.52. The highest BCUT2D eigenvalue weighted by molar-refractivity contribution is 8.12. The molecular weight excluding hydrogens is 258 g/mol. The predicted octanol–water partition coefficient (Wildman–Crippen LogP) is 0.732. The summed E-state index contributed by atoms with van der Waals surface area (Å²) in [5, 5.41) is 25.0. The highest BCUT2D eigenvalue weighted by atomic mass is 32.2. The van der Waals surface area contributed by atoms with Crippen LogP contribution in [0.1, 0.15) is 19.3 Å². The summed E-state index contributed by atoms with van der Waals surface area (Å²) in [5.74, 6) is -1.02. The number of carbonyl (C=O) groups is 2. The molecule has 1 atom stereocenters. The van der Waals surface area contributed by atoms with Gasteiger partial charge in [0.1, 0.15) is 6.04 Å². The minimum absolute atomic E-state index is 0.334. The first-order valence-electron chi connectivity index (χ1n) is 5.55. The standard InChI is InChI=1S/C10H19N3O4S/c1-18-10(16)13-8(9(14)15)4-2-3-5-11-6-7-12-17/h7-8,11,17H,2-6H2,1H3,(H,13,16)(H,14,15)/t8-/m0/s1. The molecule has 0 saturated carbocycles. The van der Waals surface area contributed by atoms with Crippen molar-refractivity contribution >= 4 is 29.2 Å². The SMILES string of the molecule is CSC(=O)N[C@@H](CCCCNCC=NO)C(=O)O. The molecule has 0 aromatic rings. The fourth-order valence-electron chi connectivity index (χ4n) is 1.26. The maximum absolute atomic E-state index is 11.1. The van der Waals surface area contributed by atoms with Gasteiger partial charge in [0.25, 0.3) is 5.24 Å². The lowest BCUT2D eigenvalue weighted by atomic mass is 10.1. The Morgan fingerprint density at radius 2 is 2.17 bits per heavy atom. The smallest absolute Gasteiger partial charge is 0.326 e. The second-order valence-corrected chi connectivity index (χ2v) is 4.30. The molecule has 104 valence electrons. The van der Waals surface area contributed by atoms with Crippen molar-refractivity contribution in [1.82, 2.24) is 10.6 Å². The van der Waals surface area contributed by atoms with Crippen LogP contribution in [-0.4, -0.2) is 53.1 Å². The summed E-state index contributed by atoms with van der Waals surface area (Å²) >= 11 is 0.959. The van der Waals surface area contributed by atoms with E-state index in [-0.39, 0.29) is 5.24 Å². The van der Waals surface area contributed by atoms with Crippen LogP contribution in [0.25, 0.3) is 0 Å². The van der Waals surface area contributed by atoms with Crippen LogP contribution in [0.15, 0.2) is 5.16 Å². The van der Waals surface area contributed by atoms with Crippen LogP contribution in [0.4, 0.5) is 4.79 Å². The monoisotopic (exact) mass is 277 g/mol. The number of amides is 1. The molecule has 18 heavy (non-hydrogen) atoms. The van der Waals surface area contributed by atoms with Gasteiger partial charge in [-0.1, -0.05) is 11.8 Å². The quantitative estimate of drug-likeness (QED) is 0.214. The minimum Gasteiger partial charge on any atom is -0.480 e. The van der Waals surface area contributed by atoms with Crippen molar-refractivity contribution in [3.8, 4) is 0 Å². The number of hydrogen-bond donors (Lipinski definition) is 4. The lowest BCUT2D eigenvalue weighted by molar-refractivity contribution is -0.139. The molecular formula is C10H19N3O4S. The van der Waals surface area contributed by atoms with Gasteiger partial charge in [0.2, 0.25) is 0 Å². The molecule has 0 aromatic heterocycles. The average Bonchev–Trinajstić information content (AvgIpc) is 2.35. The van der Waals surface area contributed by atoms with E-state index in [4.69, 9.17) is 10.3 Å². The van der Waals surface area contributed by atoms with Crippen molar-refractivity contribution in [1.29, 1.82) is 0 Å². The third kappa shape index (κ3) is 8.82. The van der Waals surface area contributed by atoms with Crippen LogP contribution >= 0.6 is 11.8 Å². The molecule has 4 N–H and O–H groups in total. The number of carboxylic acids is 1. The van der Waals surface area contributed by atoms with Crippen molar-refractivity contribution in [2.24, 2.45) is 5.16 Å². The molecule has 0 rings (SSSR count). The van der Waals surface area contributed by atoms with Gasteiger partial charge in [0.15, 0.2) is 0 Å². The number of hydrogen-bond acceptors (Lipinski definition) is 6. The third-order valence-electron chi connectivity index (χ3n) is 2.19. The lowest BCUT2D eigenvalue weighted by Gasteiger charge is -2.13. The third-order valence-corrected chi connectivity index (χ3v) is 2.68. The van der Waals surface area contributed by atoms with E-state index >= 15 is 0 Å². The second kappa shape index (κ2) is 10.8. The molecule has 8 heteroatoms. The number of aliphatic carboxylic acids is 1. The zero-order valence-corrected chi connectivity index (χ0v) is 11.1. The first-order chi connectivity index (χ1) is 8.61. The Balaban J connectivity index is 3.71. The minimum atomic E-state index is -1.02. The molecule has 0 aliphatic heterocycles. The highest BCUT2D eigenvalue weighted by Gasteiger charge is 2.18. The Bertz CT molecular complexity index is 286. The van der Waals surface area contributed by atoms with Crippen LogP contribution in [0.2, 0.25) is 0 Å². The van der Waals surface area contributed by atoms with Crippen molar-refractivity contribution < 1.29 is 19.9 Å². The zero-order chi connectivity index (χ0) is 13.8. The van der Waals surface area contributed by atoms with E-state index in [1.54, 1.807) is 6.26 Å². The van der Waals surface area contributed by atoms with E-state index in [0.717, 1.165) is 18.2 Å². The summed E-state index contributed by atoms with van der Waals surface area (Å²) in [6.07, 6.45) is 4.81. The average molecular weight is 277 g/mol. The first-order valence-corrected chi connectivity index (χ1v) is 6.78. The number of unbranched alkanes of at least 4 members (excludes halogenated alkanes) is 1. The first kappa shape index (κ1) is 16.7. The summed E-state index contributed by atoms with van der Waals surface area (Å²) < 4.78 is 0. The molecule has 0 saturated heterocycles.